The van der Waals surface area contributed by atoms with Crippen LogP contribution in [-0.2, 0) is 0 Å². The maximum Gasteiger partial charge on any atom is 0.117 e. The zero-order valence-corrected chi connectivity index (χ0v) is 12.6. The summed E-state index contributed by atoms with van der Waals surface area (Å²) in [5.41, 5.74) is 0.490. The number of rotatable bonds is 6. The molecule has 0 radical (unpaired) electrons. The maximum absolute atomic E-state index is 9.24. The number of nitrogens with zero attached hydrogens (tertiary/aromatic N) is 3. The molecule has 4 nitrogen and oxygen atoms in total. The molecule has 1 atom stereocenters. The minimum atomic E-state index is -0.468. The molecule has 0 amide bonds. The largest absolute Gasteiger partial charge is 0.300 e. The molecular weight excluding hydrogens is 268 g/mol. The van der Waals surface area contributed by atoms with Crippen LogP contribution in [0.5, 0.6) is 0 Å². The summed E-state index contributed by atoms with van der Waals surface area (Å²) in [6.45, 7) is 4.75. The summed E-state index contributed by atoms with van der Waals surface area (Å²) in [5.74, 6) is 0.845. The van der Waals surface area contributed by atoms with E-state index in [-0.39, 0.29) is 0 Å². The summed E-state index contributed by atoms with van der Waals surface area (Å²) in [4.78, 5) is 8.60. The van der Waals surface area contributed by atoms with Crippen LogP contribution in [0.25, 0.3) is 10.9 Å². The number of aromatic nitrogens is 2. The Labute approximate surface area is 123 Å². The summed E-state index contributed by atoms with van der Waals surface area (Å²) in [6.07, 6.45) is 2.37. The molecular formula is C15H18N4S. The summed E-state index contributed by atoms with van der Waals surface area (Å²) in [6, 6.07) is 10.3. The molecule has 0 aliphatic carbocycles. The Morgan fingerprint density at radius 3 is 2.90 bits per heavy atom. The molecule has 0 fully saturated rings. The molecule has 1 aromatic carbocycles. The first-order valence-corrected chi connectivity index (χ1v) is 7.66. The van der Waals surface area contributed by atoms with Crippen molar-refractivity contribution in [3.63, 3.8) is 0 Å². The molecule has 5 heteroatoms. The molecule has 0 bridgehead atoms. The third-order valence-corrected chi connectivity index (χ3v) is 4.17. The second-order valence-electron chi connectivity index (χ2n) is 4.77. The first-order chi connectivity index (χ1) is 9.68. The van der Waals surface area contributed by atoms with Gasteiger partial charge in [0.1, 0.15) is 16.9 Å². The predicted octanol–water partition coefficient (Wildman–Crippen LogP) is 3.00. The lowest BCUT2D eigenvalue weighted by Crippen LogP contribution is -2.41. The van der Waals surface area contributed by atoms with Gasteiger partial charge in [0.05, 0.1) is 11.6 Å². The quantitative estimate of drug-likeness (QED) is 0.653. The fraction of sp³-hybridized carbons (Fsp3) is 0.400. The van der Waals surface area contributed by atoms with Crippen molar-refractivity contribution < 1.29 is 0 Å². The van der Waals surface area contributed by atoms with Gasteiger partial charge in [-0.15, -0.1) is 11.8 Å². The molecule has 20 heavy (non-hydrogen) atoms. The lowest BCUT2D eigenvalue weighted by Gasteiger charge is -2.21. The van der Waals surface area contributed by atoms with Gasteiger partial charge < -0.3 is 0 Å². The van der Waals surface area contributed by atoms with E-state index in [1.165, 1.54) is 0 Å². The number of benzene rings is 1. The zero-order chi connectivity index (χ0) is 14.4. The van der Waals surface area contributed by atoms with Gasteiger partial charge in [0.2, 0.25) is 0 Å². The van der Waals surface area contributed by atoms with Gasteiger partial charge in [-0.1, -0.05) is 25.1 Å². The number of nitriles is 1. The lowest BCUT2D eigenvalue weighted by molar-refractivity contribution is 0.450. The zero-order valence-electron chi connectivity index (χ0n) is 11.8. The Hall–Kier alpha value is -1.64. The average molecular weight is 286 g/mol. The van der Waals surface area contributed by atoms with Gasteiger partial charge in [0.25, 0.3) is 0 Å². The fourth-order valence-electron chi connectivity index (χ4n) is 2.02. The van der Waals surface area contributed by atoms with E-state index in [1.54, 1.807) is 18.1 Å². The predicted molar refractivity (Wildman–Crippen MR) is 82.6 cm³/mol. The van der Waals surface area contributed by atoms with Crippen LogP contribution in [0, 0.1) is 11.3 Å². The molecule has 1 N–H and O–H groups in total. The summed E-state index contributed by atoms with van der Waals surface area (Å²) >= 11 is 1.68. The van der Waals surface area contributed by atoms with E-state index >= 15 is 0 Å². The van der Waals surface area contributed by atoms with Crippen molar-refractivity contribution in [3.05, 3.63) is 30.6 Å². The number of thioether (sulfide) groups is 1. The molecule has 1 heterocycles. The summed E-state index contributed by atoms with van der Waals surface area (Å²) < 4.78 is 0. The summed E-state index contributed by atoms with van der Waals surface area (Å²) in [5, 5.41) is 14.5. The highest BCUT2D eigenvalue weighted by molar-refractivity contribution is 7.99. The first kappa shape index (κ1) is 14.8. The van der Waals surface area contributed by atoms with Crippen LogP contribution in [0.3, 0.4) is 0 Å². The standard InChI is InChI=1S/C15H18N4S/c1-3-19-15(2,10-16)8-9-20-14-12-6-4-5-7-13(12)17-11-18-14/h4-7,11,19H,3,8-9H2,1-2H3. The Kier molecular flexibility index (Phi) is 4.94. The highest BCUT2D eigenvalue weighted by Gasteiger charge is 2.21. The first-order valence-electron chi connectivity index (χ1n) is 6.67. The normalized spacial score (nSPS) is 13.8. The van der Waals surface area contributed by atoms with Gasteiger partial charge in [0, 0.05) is 11.1 Å². The molecule has 1 aromatic heterocycles. The van der Waals surface area contributed by atoms with Crippen molar-refractivity contribution in [1.29, 1.82) is 5.26 Å². The van der Waals surface area contributed by atoms with Crippen LogP contribution < -0.4 is 5.32 Å². The molecule has 0 aliphatic rings. The Balaban J connectivity index is 2.05. The highest BCUT2D eigenvalue weighted by atomic mass is 32.2. The van der Waals surface area contributed by atoms with Gasteiger partial charge in [-0.25, -0.2) is 9.97 Å². The van der Waals surface area contributed by atoms with Crippen LogP contribution in [0.2, 0.25) is 0 Å². The van der Waals surface area contributed by atoms with Crippen molar-refractivity contribution in [2.24, 2.45) is 0 Å². The maximum atomic E-state index is 9.24. The molecule has 0 spiro atoms. The SMILES string of the molecule is CCNC(C)(C#N)CCSc1ncnc2ccccc12. The molecule has 2 rings (SSSR count). The van der Waals surface area contributed by atoms with Crippen LogP contribution in [-0.4, -0.2) is 27.8 Å². The highest BCUT2D eigenvalue weighted by Crippen LogP contribution is 2.26. The van der Waals surface area contributed by atoms with Gasteiger partial charge >= 0.3 is 0 Å². The Morgan fingerprint density at radius 1 is 1.35 bits per heavy atom. The van der Waals surface area contributed by atoms with E-state index in [1.807, 2.05) is 38.1 Å². The van der Waals surface area contributed by atoms with E-state index in [4.69, 9.17) is 0 Å². The minimum Gasteiger partial charge on any atom is -0.300 e. The second-order valence-corrected chi connectivity index (χ2v) is 5.85. The van der Waals surface area contributed by atoms with Gasteiger partial charge in [-0.05, 0) is 26.0 Å². The van der Waals surface area contributed by atoms with E-state index in [0.717, 1.165) is 34.6 Å². The topological polar surface area (TPSA) is 61.6 Å². The molecule has 104 valence electrons. The molecule has 0 aliphatic heterocycles. The lowest BCUT2D eigenvalue weighted by atomic mass is 10.0. The van der Waals surface area contributed by atoms with E-state index in [0.29, 0.717) is 0 Å². The summed E-state index contributed by atoms with van der Waals surface area (Å²) in [7, 11) is 0. The number of nitrogens with one attached hydrogen (secondary N) is 1. The van der Waals surface area contributed by atoms with Crippen molar-refractivity contribution >= 4 is 22.7 Å². The number of hydrogen-bond acceptors (Lipinski definition) is 5. The van der Waals surface area contributed by atoms with Crippen molar-refractivity contribution in [3.8, 4) is 6.07 Å². The van der Waals surface area contributed by atoms with Crippen LogP contribution in [0.4, 0.5) is 0 Å². The van der Waals surface area contributed by atoms with Crippen molar-refractivity contribution in [1.82, 2.24) is 15.3 Å². The van der Waals surface area contributed by atoms with E-state index in [9.17, 15) is 5.26 Å². The third kappa shape index (κ3) is 3.47. The molecule has 0 saturated heterocycles. The smallest absolute Gasteiger partial charge is 0.117 e. The molecule has 2 aromatic rings. The van der Waals surface area contributed by atoms with Crippen molar-refractivity contribution in [2.45, 2.75) is 30.8 Å². The van der Waals surface area contributed by atoms with Gasteiger partial charge in [0.15, 0.2) is 0 Å². The van der Waals surface area contributed by atoms with Crippen LogP contribution in [0.15, 0.2) is 35.6 Å². The fourth-order valence-corrected chi connectivity index (χ4v) is 3.17. The van der Waals surface area contributed by atoms with E-state index in [2.05, 4.69) is 21.4 Å². The monoisotopic (exact) mass is 286 g/mol. The number of fused-ring (bicyclic) bond motifs is 1. The molecule has 1 unspecified atom stereocenters. The minimum absolute atomic E-state index is 0.468. The van der Waals surface area contributed by atoms with Gasteiger partial charge in [-0.2, -0.15) is 5.26 Å². The molecule has 0 saturated carbocycles. The van der Waals surface area contributed by atoms with Gasteiger partial charge in [-0.3, -0.25) is 5.32 Å². The second kappa shape index (κ2) is 6.69. The number of hydrogen-bond donors (Lipinski definition) is 1. The average Bonchev–Trinajstić information content (AvgIpc) is 2.48. The Morgan fingerprint density at radius 2 is 2.15 bits per heavy atom. The van der Waals surface area contributed by atoms with Crippen LogP contribution >= 0.6 is 11.8 Å². The Bertz CT molecular complexity index is 617. The van der Waals surface area contributed by atoms with E-state index < -0.39 is 5.54 Å². The van der Waals surface area contributed by atoms with Crippen LogP contribution in [0.1, 0.15) is 20.3 Å². The van der Waals surface area contributed by atoms with Crippen molar-refractivity contribution in [2.75, 3.05) is 12.3 Å². The number of para-hydroxylation sites is 1. The third-order valence-electron chi connectivity index (χ3n) is 3.16.